The van der Waals surface area contributed by atoms with Gasteiger partial charge < -0.3 is 10.2 Å². The van der Waals surface area contributed by atoms with Crippen LogP contribution < -0.4 is 10.2 Å². The van der Waals surface area contributed by atoms with E-state index in [1.54, 1.807) is 31.2 Å². The minimum Gasteiger partial charge on any atom is -0.378 e. The van der Waals surface area contributed by atoms with E-state index in [1.807, 2.05) is 43.3 Å². The standard InChI is InChI=1S/C20H20ClN3O2/c1-4-24-19(25)17(13-5-7-14(21)8-6-13)18(20(24)26)22-15-9-11-16(12-10-15)23(2)3/h5-12,22H,4H2,1-3H3. The molecule has 2 aromatic rings. The third-order valence-electron chi connectivity index (χ3n) is 4.27. The number of halogens is 1. The van der Waals surface area contributed by atoms with Crippen molar-refractivity contribution in [1.29, 1.82) is 0 Å². The summed E-state index contributed by atoms with van der Waals surface area (Å²) < 4.78 is 0. The lowest BCUT2D eigenvalue weighted by Crippen LogP contribution is -2.32. The summed E-state index contributed by atoms with van der Waals surface area (Å²) in [5.74, 6) is -0.619. The van der Waals surface area contributed by atoms with Crippen LogP contribution in [0.5, 0.6) is 0 Å². The minimum atomic E-state index is -0.320. The van der Waals surface area contributed by atoms with Crippen LogP contribution in [0, 0.1) is 0 Å². The smallest absolute Gasteiger partial charge is 0.278 e. The first-order chi connectivity index (χ1) is 12.4. The van der Waals surface area contributed by atoms with Gasteiger partial charge in [-0.3, -0.25) is 14.5 Å². The average molecular weight is 370 g/mol. The average Bonchev–Trinajstić information content (AvgIpc) is 2.86. The number of rotatable bonds is 5. The lowest BCUT2D eigenvalue weighted by atomic mass is 10.0. The number of nitrogens with one attached hydrogen (secondary N) is 1. The van der Waals surface area contributed by atoms with E-state index >= 15 is 0 Å². The molecular weight excluding hydrogens is 350 g/mol. The Bertz CT molecular complexity index is 871. The van der Waals surface area contributed by atoms with Crippen LogP contribution in [0.3, 0.4) is 0 Å². The number of hydrogen-bond acceptors (Lipinski definition) is 4. The van der Waals surface area contributed by atoms with Crippen molar-refractivity contribution in [1.82, 2.24) is 4.90 Å². The van der Waals surface area contributed by atoms with Crippen molar-refractivity contribution in [2.24, 2.45) is 0 Å². The van der Waals surface area contributed by atoms with E-state index in [0.717, 1.165) is 11.4 Å². The lowest BCUT2D eigenvalue weighted by Gasteiger charge is -2.14. The van der Waals surface area contributed by atoms with E-state index in [1.165, 1.54) is 4.90 Å². The number of amides is 2. The molecule has 0 atom stereocenters. The topological polar surface area (TPSA) is 52.7 Å². The molecule has 1 N–H and O–H groups in total. The quantitative estimate of drug-likeness (QED) is 0.818. The second kappa shape index (κ2) is 7.22. The molecular formula is C20H20ClN3O2. The highest BCUT2D eigenvalue weighted by molar-refractivity contribution is 6.36. The van der Waals surface area contributed by atoms with Crippen molar-refractivity contribution in [3.8, 4) is 0 Å². The van der Waals surface area contributed by atoms with Crippen LogP contribution in [-0.4, -0.2) is 37.4 Å². The highest BCUT2D eigenvalue weighted by Gasteiger charge is 2.38. The molecule has 0 spiro atoms. The molecule has 1 aliphatic heterocycles. The van der Waals surface area contributed by atoms with E-state index < -0.39 is 0 Å². The van der Waals surface area contributed by atoms with Gasteiger partial charge >= 0.3 is 0 Å². The highest BCUT2D eigenvalue weighted by Crippen LogP contribution is 2.31. The summed E-state index contributed by atoms with van der Waals surface area (Å²) in [6.07, 6.45) is 0. The molecule has 6 heteroatoms. The normalized spacial score (nSPS) is 14.2. The van der Waals surface area contributed by atoms with Crippen molar-refractivity contribution < 1.29 is 9.59 Å². The van der Waals surface area contributed by atoms with Crippen molar-refractivity contribution in [3.63, 3.8) is 0 Å². The fourth-order valence-electron chi connectivity index (χ4n) is 2.85. The molecule has 0 saturated heterocycles. The molecule has 5 nitrogen and oxygen atoms in total. The third-order valence-corrected chi connectivity index (χ3v) is 4.52. The number of nitrogens with zero attached hydrogens (tertiary/aromatic N) is 2. The highest BCUT2D eigenvalue weighted by atomic mass is 35.5. The van der Waals surface area contributed by atoms with Crippen molar-refractivity contribution in [2.75, 3.05) is 30.9 Å². The first-order valence-electron chi connectivity index (χ1n) is 8.33. The molecule has 2 amide bonds. The van der Waals surface area contributed by atoms with Crippen LogP contribution in [0.25, 0.3) is 5.57 Å². The molecule has 1 aliphatic rings. The summed E-state index contributed by atoms with van der Waals surface area (Å²) in [6, 6.07) is 14.6. The summed E-state index contributed by atoms with van der Waals surface area (Å²) >= 11 is 5.95. The van der Waals surface area contributed by atoms with Gasteiger partial charge in [0.1, 0.15) is 5.70 Å². The van der Waals surface area contributed by atoms with Gasteiger partial charge in [-0.25, -0.2) is 0 Å². The number of anilines is 2. The first kappa shape index (κ1) is 18.0. The molecule has 0 saturated carbocycles. The maximum absolute atomic E-state index is 12.7. The van der Waals surface area contributed by atoms with Gasteiger partial charge in [-0.15, -0.1) is 0 Å². The van der Waals surface area contributed by atoms with Crippen molar-refractivity contribution in [2.45, 2.75) is 6.92 Å². The van der Waals surface area contributed by atoms with Gasteiger partial charge in [0.25, 0.3) is 11.8 Å². The fourth-order valence-corrected chi connectivity index (χ4v) is 2.98. The van der Waals surface area contributed by atoms with E-state index in [9.17, 15) is 9.59 Å². The minimum absolute atomic E-state index is 0.289. The van der Waals surface area contributed by atoms with Gasteiger partial charge in [0.2, 0.25) is 0 Å². The van der Waals surface area contributed by atoms with Crippen LogP contribution in [0.15, 0.2) is 54.2 Å². The number of carbonyl (C=O) groups excluding carboxylic acids is 2. The number of imide groups is 1. The predicted molar refractivity (Wildman–Crippen MR) is 105 cm³/mol. The van der Waals surface area contributed by atoms with Gasteiger partial charge in [0.15, 0.2) is 0 Å². The monoisotopic (exact) mass is 369 g/mol. The molecule has 0 bridgehead atoms. The zero-order chi connectivity index (χ0) is 18.8. The number of carbonyl (C=O) groups is 2. The maximum atomic E-state index is 12.7. The Morgan fingerprint density at radius 1 is 0.962 bits per heavy atom. The summed E-state index contributed by atoms with van der Waals surface area (Å²) in [4.78, 5) is 28.7. The van der Waals surface area contributed by atoms with Gasteiger partial charge in [-0.05, 0) is 48.9 Å². The molecule has 0 fully saturated rings. The second-order valence-corrected chi connectivity index (χ2v) is 6.61. The molecule has 0 aromatic heterocycles. The number of benzene rings is 2. The fraction of sp³-hybridized carbons (Fsp3) is 0.200. The van der Waals surface area contributed by atoms with E-state index in [2.05, 4.69) is 5.32 Å². The van der Waals surface area contributed by atoms with Crippen molar-refractivity contribution in [3.05, 3.63) is 64.8 Å². The molecule has 2 aromatic carbocycles. The van der Waals surface area contributed by atoms with Crippen LogP contribution in [0.4, 0.5) is 11.4 Å². The van der Waals surface area contributed by atoms with Gasteiger partial charge in [-0.1, -0.05) is 23.7 Å². The zero-order valence-corrected chi connectivity index (χ0v) is 15.7. The molecule has 0 unspecified atom stereocenters. The summed E-state index contributed by atoms with van der Waals surface area (Å²) in [6.45, 7) is 2.10. The predicted octanol–water partition coefficient (Wildman–Crippen LogP) is 3.62. The van der Waals surface area contributed by atoms with Crippen LogP contribution >= 0.6 is 11.6 Å². The van der Waals surface area contributed by atoms with E-state index in [4.69, 9.17) is 11.6 Å². The number of hydrogen-bond donors (Lipinski definition) is 1. The molecule has 3 rings (SSSR count). The summed E-state index contributed by atoms with van der Waals surface area (Å²) in [7, 11) is 3.92. The zero-order valence-electron chi connectivity index (χ0n) is 14.9. The first-order valence-corrected chi connectivity index (χ1v) is 8.71. The Labute approximate surface area is 157 Å². The second-order valence-electron chi connectivity index (χ2n) is 6.18. The molecule has 1 heterocycles. The third kappa shape index (κ3) is 3.30. The Balaban J connectivity index is 2.02. The molecule has 0 aliphatic carbocycles. The summed E-state index contributed by atoms with van der Waals surface area (Å²) in [5.41, 5.74) is 3.11. The Hall–Kier alpha value is -2.79. The van der Waals surface area contributed by atoms with Gasteiger partial charge in [0.05, 0.1) is 5.57 Å². The SMILES string of the molecule is CCN1C(=O)C(Nc2ccc(N(C)C)cc2)=C(c2ccc(Cl)cc2)C1=O. The van der Waals surface area contributed by atoms with Crippen LogP contribution in [0.1, 0.15) is 12.5 Å². The van der Waals surface area contributed by atoms with Crippen LogP contribution in [-0.2, 0) is 9.59 Å². The molecule has 134 valence electrons. The number of likely N-dealkylation sites (N-methyl/N-ethyl adjacent to an activating group) is 1. The molecule has 0 radical (unpaired) electrons. The van der Waals surface area contributed by atoms with Gasteiger partial charge in [-0.2, -0.15) is 0 Å². The Morgan fingerprint density at radius 2 is 1.58 bits per heavy atom. The molecule has 26 heavy (non-hydrogen) atoms. The lowest BCUT2D eigenvalue weighted by molar-refractivity contribution is -0.136. The van der Waals surface area contributed by atoms with Crippen molar-refractivity contribution >= 4 is 40.4 Å². The van der Waals surface area contributed by atoms with E-state index in [-0.39, 0.29) is 17.5 Å². The Morgan fingerprint density at radius 3 is 2.12 bits per heavy atom. The van der Waals surface area contributed by atoms with Gasteiger partial charge in [0, 0.05) is 37.0 Å². The summed E-state index contributed by atoms with van der Waals surface area (Å²) in [5, 5.41) is 3.71. The maximum Gasteiger partial charge on any atom is 0.278 e. The Kier molecular flexibility index (Phi) is 5.00. The largest absolute Gasteiger partial charge is 0.378 e. The van der Waals surface area contributed by atoms with Crippen LogP contribution in [0.2, 0.25) is 5.02 Å². The van der Waals surface area contributed by atoms with E-state index in [0.29, 0.717) is 22.7 Å².